The van der Waals surface area contributed by atoms with E-state index in [9.17, 15) is 8.42 Å². The van der Waals surface area contributed by atoms with Crippen molar-refractivity contribution in [3.8, 4) is 5.75 Å². The van der Waals surface area contributed by atoms with Crippen molar-refractivity contribution in [1.82, 2.24) is 4.72 Å². The summed E-state index contributed by atoms with van der Waals surface area (Å²) in [4.78, 5) is -0.0330. The fraction of sp³-hybridized carbons (Fsp3) is 0.400. The molecule has 0 heterocycles. The minimum atomic E-state index is -3.82. The molecule has 0 atom stereocenters. The molecular weight excluding hydrogens is 246 g/mol. The van der Waals surface area contributed by atoms with Crippen molar-refractivity contribution in [3.63, 3.8) is 0 Å². The third-order valence-electron chi connectivity index (χ3n) is 2.12. The summed E-state index contributed by atoms with van der Waals surface area (Å²) in [5.41, 5.74) is 0. The van der Waals surface area contributed by atoms with Crippen molar-refractivity contribution >= 4 is 10.0 Å². The van der Waals surface area contributed by atoms with E-state index in [1.54, 1.807) is 12.1 Å². The predicted octanol–water partition coefficient (Wildman–Crippen LogP) is -0.673. The average molecular weight is 261 g/mol. The summed E-state index contributed by atoms with van der Waals surface area (Å²) in [6.07, 6.45) is 0. The molecule has 0 aliphatic heterocycles. The molecule has 1 aromatic rings. The van der Waals surface area contributed by atoms with Crippen LogP contribution >= 0.6 is 0 Å². The molecule has 1 aromatic carbocycles. The lowest BCUT2D eigenvalue weighted by Gasteiger charge is -2.15. The molecular formula is C10H15NO5S. The lowest BCUT2D eigenvalue weighted by molar-refractivity contribution is 0.185. The molecule has 0 aliphatic carbocycles. The quantitative estimate of drug-likeness (QED) is 0.631. The lowest BCUT2D eigenvalue weighted by atomic mass is 10.3. The van der Waals surface area contributed by atoms with Crippen LogP contribution in [-0.2, 0) is 10.0 Å². The van der Waals surface area contributed by atoms with Crippen LogP contribution in [0, 0.1) is 0 Å². The minimum Gasteiger partial charge on any atom is -0.495 e. The number of para-hydroxylation sites is 1. The smallest absolute Gasteiger partial charge is 0.244 e. The monoisotopic (exact) mass is 261 g/mol. The molecule has 1 rings (SSSR count). The van der Waals surface area contributed by atoms with Crippen LogP contribution in [0.25, 0.3) is 0 Å². The minimum absolute atomic E-state index is 0.0330. The van der Waals surface area contributed by atoms with E-state index in [0.717, 1.165) is 0 Å². The first-order valence-electron chi connectivity index (χ1n) is 4.92. The van der Waals surface area contributed by atoms with Gasteiger partial charge in [-0.1, -0.05) is 12.1 Å². The number of rotatable bonds is 6. The summed E-state index contributed by atoms with van der Waals surface area (Å²) >= 11 is 0. The Morgan fingerprint density at radius 2 is 1.88 bits per heavy atom. The van der Waals surface area contributed by atoms with E-state index in [2.05, 4.69) is 4.72 Å². The fourth-order valence-electron chi connectivity index (χ4n) is 1.26. The summed E-state index contributed by atoms with van der Waals surface area (Å²) in [6.45, 7) is -0.963. The summed E-state index contributed by atoms with van der Waals surface area (Å²) in [7, 11) is -2.46. The maximum atomic E-state index is 11.9. The Kier molecular flexibility index (Phi) is 4.88. The van der Waals surface area contributed by atoms with Gasteiger partial charge < -0.3 is 14.9 Å². The Labute approximate surface area is 99.9 Å². The Balaban J connectivity index is 3.04. The number of sulfonamides is 1. The number of ether oxygens (including phenoxy) is 1. The number of aliphatic hydroxyl groups is 2. The van der Waals surface area contributed by atoms with Crippen molar-refractivity contribution in [2.24, 2.45) is 0 Å². The van der Waals surface area contributed by atoms with Crippen molar-refractivity contribution in [2.45, 2.75) is 10.9 Å². The van der Waals surface area contributed by atoms with Gasteiger partial charge >= 0.3 is 0 Å². The summed E-state index contributed by atoms with van der Waals surface area (Å²) < 4.78 is 31.0. The normalized spacial score (nSPS) is 11.8. The van der Waals surface area contributed by atoms with Crippen LogP contribution in [-0.4, -0.2) is 45.0 Å². The largest absolute Gasteiger partial charge is 0.495 e. The zero-order valence-corrected chi connectivity index (χ0v) is 10.1. The number of nitrogens with one attached hydrogen (secondary N) is 1. The lowest BCUT2D eigenvalue weighted by Crippen LogP contribution is -2.40. The molecule has 0 spiro atoms. The Hall–Kier alpha value is -1.15. The first kappa shape index (κ1) is 13.9. The highest BCUT2D eigenvalue weighted by Gasteiger charge is 2.22. The number of methoxy groups -OCH3 is 1. The second-order valence-corrected chi connectivity index (χ2v) is 5.02. The third-order valence-corrected chi connectivity index (χ3v) is 3.68. The Morgan fingerprint density at radius 3 is 2.41 bits per heavy atom. The van der Waals surface area contributed by atoms with E-state index in [-0.39, 0.29) is 10.6 Å². The SMILES string of the molecule is COc1ccccc1S(=O)(=O)NC(CO)CO. The van der Waals surface area contributed by atoms with Gasteiger partial charge in [0.25, 0.3) is 0 Å². The molecule has 0 aromatic heterocycles. The maximum Gasteiger partial charge on any atom is 0.244 e. The topological polar surface area (TPSA) is 95.9 Å². The van der Waals surface area contributed by atoms with Crippen molar-refractivity contribution in [2.75, 3.05) is 20.3 Å². The second kappa shape index (κ2) is 5.97. The molecule has 0 unspecified atom stereocenters. The Bertz CT molecular complexity index is 456. The van der Waals surface area contributed by atoms with Gasteiger partial charge in [-0.2, -0.15) is 0 Å². The molecule has 3 N–H and O–H groups in total. The Morgan fingerprint density at radius 1 is 1.29 bits per heavy atom. The van der Waals surface area contributed by atoms with Crippen molar-refractivity contribution < 1.29 is 23.4 Å². The van der Waals surface area contributed by atoms with E-state index in [0.29, 0.717) is 0 Å². The molecule has 7 heteroatoms. The summed E-state index contributed by atoms with van der Waals surface area (Å²) in [5.74, 6) is 0.203. The van der Waals surface area contributed by atoms with Gasteiger partial charge in [-0.15, -0.1) is 0 Å². The van der Waals surface area contributed by atoms with Crippen LogP contribution in [0.15, 0.2) is 29.2 Å². The van der Waals surface area contributed by atoms with Crippen molar-refractivity contribution in [1.29, 1.82) is 0 Å². The van der Waals surface area contributed by atoms with E-state index >= 15 is 0 Å². The zero-order valence-electron chi connectivity index (χ0n) is 9.33. The number of benzene rings is 1. The molecule has 0 bridgehead atoms. The number of hydrogen-bond acceptors (Lipinski definition) is 5. The number of hydrogen-bond donors (Lipinski definition) is 3. The first-order chi connectivity index (χ1) is 8.05. The van der Waals surface area contributed by atoms with Gasteiger partial charge in [-0.05, 0) is 12.1 Å². The highest BCUT2D eigenvalue weighted by atomic mass is 32.2. The van der Waals surface area contributed by atoms with E-state index in [4.69, 9.17) is 14.9 Å². The van der Waals surface area contributed by atoms with Gasteiger partial charge in [0, 0.05) is 0 Å². The molecule has 96 valence electrons. The van der Waals surface area contributed by atoms with E-state index < -0.39 is 29.3 Å². The molecule has 0 amide bonds. The molecule has 0 fully saturated rings. The first-order valence-corrected chi connectivity index (χ1v) is 6.40. The van der Waals surface area contributed by atoms with Gasteiger partial charge in [0.1, 0.15) is 10.6 Å². The van der Waals surface area contributed by atoms with Gasteiger partial charge in [0.2, 0.25) is 10.0 Å². The van der Waals surface area contributed by atoms with Crippen molar-refractivity contribution in [3.05, 3.63) is 24.3 Å². The van der Waals surface area contributed by atoms with E-state index in [1.165, 1.54) is 19.2 Å². The predicted molar refractivity (Wildman–Crippen MR) is 61.3 cm³/mol. The van der Waals surface area contributed by atoms with Crippen LogP contribution in [0.5, 0.6) is 5.75 Å². The van der Waals surface area contributed by atoms with Gasteiger partial charge in [-0.25, -0.2) is 13.1 Å². The third kappa shape index (κ3) is 3.40. The molecule has 0 radical (unpaired) electrons. The average Bonchev–Trinajstić information content (AvgIpc) is 2.35. The highest BCUT2D eigenvalue weighted by molar-refractivity contribution is 7.89. The van der Waals surface area contributed by atoms with Gasteiger partial charge in [0.05, 0.1) is 26.4 Å². The van der Waals surface area contributed by atoms with Crippen LogP contribution < -0.4 is 9.46 Å². The van der Waals surface area contributed by atoms with Crippen LogP contribution in [0.1, 0.15) is 0 Å². The second-order valence-electron chi connectivity index (χ2n) is 3.33. The molecule has 0 aliphatic rings. The maximum absolute atomic E-state index is 11.9. The van der Waals surface area contributed by atoms with Gasteiger partial charge in [0.15, 0.2) is 0 Å². The molecule has 6 nitrogen and oxygen atoms in total. The summed E-state index contributed by atoms with van der Waals surface area (Å²) in [5, 5.41) is 17.7. The fourth-order valence-corrected chi connectivity index (χ4v) is 2.64. The molecule has 0 saturated heterocycles. The molecule has 0 saturated carbocycles. The standard InChI is InChI=1S/C10H15NO5S/c1-16-9-4-2-3-5-10(9)17(14,15)11-8(6-12)7-13/h2-5,8,11-13H,6-7H2,1H3. The van der Waals surface area contributed by atoms with E-state index in [1.807, 2.05) is 0 Å². The van der Waals surface area contributed by atoms with Crippen LogP contribution in [0.2, 0.25) is 0 Å². The summed E-state index contributed by atoms with van der Waals surface area (Å²) in [6, 6.07) is 5.18. The van der Waals surface area contributed by atoms with Crippen LogP contribution in [0.4, 0.5) is 0 Å². The zero-order chi connectivity index (χ0) is 12.9. The highest BCUT2D eigenvalue weighted by Crippen LogP contribution is 2.22. The molecule has 17 heavy (non-hydrogen) atoms. The van der Waals surface area contributed by atoms with Crippen LogP contribution in [0.3, 0.4) is 0 Å². The van der Waals surface area contributed by atoms with Gasteiger partial charge in [-0.3, -0.25) is 0 Å². The number of aliphatic hydroxyl groups excluding tert-OH is 2.